The number of likely N-dealkylation sites (N-methyl/N-ethyl adjacent to an activating group) is 2. The number of hydrogen-bond acceptors (Lipinski definition) is 13. The predicted molar refractivity (Wildman–Crippen MR) is 205 cm³/mol. The number of benzene rings is 2. The average molecular weight is 921 g/mol. The van der Waals surface area contributed by atoms with Crippen molar-refractivity contribution >= 4 is 23.4 Å². The third-order valence-electron chi connectivity index (χ3n) is 11.0. The van der Waals surface area contributed by atoms with Gasteiger partial charge in [-0.25, -0.2) is 19.4 Å². The number of aromatic nitrogens is 2. The lowest BCUT2D eigenvalue weighted by Crippen LogP contribution is -2.62. The second-order valence-electron chi connectivity index (χ2n) is 15.2. The summed E-state index contributed by atoms with van der Waals surface area (Å²) < 4.78 is 118. The van der Waals surface area contributed by atoms with Crippen LogP contribution in [0.4, 0.5) is 40.8 Å². The third kappa shape index (κ3) is 10.5. The Kier molecular flexibility index (Phi) is 15.2. The van der Waals surface area contributed by atoms with Gasteiger partial charge in [-0.2, -0.15) is 30.7 Å². The van der Waals surface area contributed by atoms with Crippen LogP contribution in [0.5, 0.6) is 5.75 Å². The normalized spacial score (nSPS) is 17.7. The molecule has 5 rings (SSSR count). The number of amides is 3. The minimum atomic E-state index is -5.03. The number of aliphatic hydroxyl groups excluding tert-OH is 6. The first-order valence-electron chi connectivity index (χ1n) is 19.5. The van der Waals surface area contributed by atoms with Crippen molar-refractivity contribution in [2.75, 3.05) is 39.2 Å². The van der Waals surface area contributed by atoms with Gasteiger partial charge in [-0.3, -0.25) is 19.4 Å². The summed E-state index contributed by atoms with van der Waals surface area (Å²) in [5.41, 5.74) is -7.48. The first-order valence-corrected chi connectivity index (χ1v) is 19.5. The molecule has 7 N–H and O–H groups in total. The molecule has 1 fully saturated rings. The van der Waals surface area contributed by atoms with Crippen molar-refractivity contribution in [1.82, 2.24) is 24.9 Å². The van der Waals surface area contributed by atoms with E-state index in [1.165, 1.54) is 19.1 Å². The zero-order valence-corrected chi connectivity index (χ0v) is 34.0. The Morgan fingerprint density at radius 2 is 1.59 bits per heavy atom. The Labute approximate surface area is 359 Å². The summed E-state index contributed by atoms with van der Waals surface area (Å²) >= 11 is 0. The van der Waals surface area contributed by atoms with Gasteiger partial charge in [0.25, 0.3) is 11.8 Å². The van der Waals surface area contributed by atoms with Crippen molar-refractivity contribution in [2.45, 2.75) is 87.4 Å². The number of anilines is 1. The molecule has 64 heavy (non-hydrogen) atoms. The molecule has 1 aliphatic carbocycles. The average Bonchev–Trinajstić information content (AvgIpc) is 3.75. The van der Waals surface area contributed by atoms with Crippen molar-refractivity contribution in [1.29, 1.82) is 0 Å². The highest BCUT2D eigenvalue weighted by Gasteiger charge is 2.53. The summed E-state index contributed by atoms with van der Waals surface area (Å²) in [7, 11) is 2.64. The first-order chi connectivity index (χ1) is 29.9. The van der Waals surface area contributed by atoms with Gasteiger partial charge in [-0.05, 0) is 49.6 Å². The number of carbonyl (C=O) groups is 3. The Balaban J connectivity index is 1.33. The fraction of sp³-hybridized carbons (Fsp3) is 0.475. The number of carbonyl (C=O) groups excluding carboxylic acids is 3. The van der Waals surface area contributed by atoms with Gasteiger partial charge >= 0.3 is 12.4 Å². The standard InChI is InChI=1S/C40H44F8N6O10/c1-52(17-25(56)33(59)34(60)26(57)18-55)29(58)6-5-13-64-27-10-7-20(31(41)32(27)42)16-54-37(63)30(35(61)38(53(54)2)11-3-4-12-38)36(62)51-23-9-8-21(39(43,44)45)14-22(23)24-15-28(40(46,47)48)50-19-49-24/h7-10,14-15,19,25-26,33-34,55-57,59-61H,3-6,11-13,16-18H2,1-2H3,(H,51,62). The highest BCUT2D eigenvalue weighted by molar-refractivity contribution is 6.24. The molecule has 1 aromatic heterocycles. The maximum absolute atomic E-state index is 15.7. The number of rotatable bonds is 16. The number of hydrogen-bond donors (Lipinski definition) is 7. The highest BCUT2D eigenvalue weighted by atomic mass is 19.4. The maximum Gasteiger partial charge on any atom is 0.433 e. The van der Waals surface area contributed by atoms with E-state index < -0.39 is 142 Å². The topological polar surface area (TPSA) is 229 Å². The molecule has 1 aliphatic heterocycles. The fourth-order valence-electron chi connectivity index (χ4n) is 7.39. The number of ether oxygens (including phenoxy) is 1. The monoisotopic (exact) mass is 920 g/mol. The number of hydrazine groups is 1. The van der Waals surface area contributed by atoms with Crippen molar-refractivity contribution in [3.63, 3.8) is 0 Å². The van der Waals surface area contributed by atoms with Gasteiger partial charge in [0.15, 0.2) is 11.6 Å². The van der Waals surface area contributed by atoms with Crippen LogP contribution < -0.4 is 10.1 Å². The van der Waals surface area contributed by atoms with E-state index in [2.05, 4.69) is 15.3 Å². The van der Waals surface area contributed by atoms with Crippen LogP contribution >= 0.6 is 0 Å². The summed E-state index contributed by atoms with van der Waals surface area (Å²) in [5.74, 6) is -7.50. The van der Waals surface area contributed by atoms with Crippen molar-refractivity contribution in [2.24, 2.45) is 0 Å². The van der Waals surface area contributed by atoms with Gasteiger partial charge in [0.1, 0.15) is 47.8 Å². The molecular formula is C40H44F8N6O10. The fourth-order valence-corrected chi connectivity index (χ4v) is 7.39. The maximum atomic E-state index is 15.7. The zero-order chi connectivity index (χ0) is 47.5. The van der Waals surface area contributed by atoms with Gasteiger partial charge in [-0.15, -0.1) is 0 Å². The molecule has 0 saturated heterocycles. The van der Waals surface area contributed by atoms with Gasteiger partial charge in [-0.1, -0.05) is 18.9 Å². The SMILES string of the molecule is CN(CC(O)C(O)C(O)C(O)CO)C(=O)CCCOc1ccc(CN2C(=O)C(C(=O)Nc3ccc(C(F)(F)F)cc3-c3cc(C(F)(F)F)ncn3)=C(O)C3(CCCC3)N2C)c(F)c1F. The first kappa shape index (κ1) is 49.5. The molecule has 2 aliphatic rings. The Hall–Kier alpha value is -5.53. The summed E-state index contributed by atoms with van der Waals surface area (Å²) in [6.45, 7) is -2.42. The van der Waals surface area contributed by atoms with Crippen LogP contribution in [0.3, 0.4) is 0 Å². The van der Waals surface area contributed by atoms with E-state index in [0.717, 1.165) is 28.1 Å². The van der Waals surface area contributed by atoms with Gasteiger partial charge in [0.05, 0.1) is 42.2 Å². The summed E-state index contributed by atoms with van der Waals surface area (Å²) in [6, 6.07) is 4.15. The lowest BCUT2D eigenvalue weighted by Gasteiger charge is -2.48. The Morgan fingerprint density at radius 3 is 2.22 bits per heavy atom. The molecular weight excluding hydrogens is 876 g/mol. The van der Waals surface area contributed by atoms with Crippen LogP contribution in [-0.4, -0.2) is 137 Å². The van der Waals surface area contributed by atoms with Crippen LogP contribution in [0, 0.1) is 11.6 Å². The van der Waals surface area contributed by atoms with E-state index in [4.69, 9.17) is 9.84 Å². The van der Waals surface area contributed by atoms with Crippen molar-refractivity contribution in [3.05, 3.63) is 82.5 Å². The molecule has 3 amide bonds. The largest absolute Gasteiger partial charge is 0.509 e. The summed E-state index contributed by atoms with van der Waals surface area (Å²) in [6.07, 6.45) is -15.8. The zero-order valence-electron chi connectivity index (χ0n) is 34.0. The number of aliphatic hydroxyl groups is 6. The molecule has 2 heterocycles. The minimum absolute atomic E-state index is 0.0477. The van der Waals surface area contributed by atoms with Gasteiger partial charge < -0.3 is 45.6 Å². The Bertz CT molecular complexity index is 2240. The smallest absolute Gasteiger partial charge is 0.433 e. The summed E-state index contributed by atoms with van der Waals surface area (Å²) in [5, 5.41) is 64.2. The van der Waals surface area contributed by atoms with Crippen molar-refractivity contribution in [3.8, 4) is 17.0 Å². The van der Waals surface area contributed by atoms with Gasteiger partial charge in [0, 0.05) is 38.2 Å². The molecule has 3 aromatic rings. The third-order valence-corrected chi connectivity index (χ3v) is 11.0. The predicted octanol–water partition coefficient (Wildman–Crippen LogP) is 3.47. The van der Waals surface area contributed by atoms with Crippen LogP contribution in [0.1, 0.15) is 55.3 Å². The van der Waals surface area contributed by atoms with Gasteiger partial charge in [0.2, 0.25) is 11.7 Å². The van der Waals surface area contributed by atoms with Crippen LogP contribution in [-0.2, 0) is 33.3 Å². The van der Waals surface area contributed by atoms with E-state index in [1.54, 1.807) is 0 Å². The lowest BCUT2D eigenvalue weighted by molar-refractivity contribution is -0.163. The van der Waals surface area contributed by atoms with E-state index >= 15 is 8.78 Å². The van der Waals surface area contributed by atoms with E-state index in [1.807, 2.05) is 0 Å². The van der Waals surface area contributed by atoms with Crippen LogP contribution in [0.2, 0.25) is 0 Å². The molecule has 1 spiro atoms. The molecule has 4 unspecified atom stereocenters. The van der Waals surface area contributed by atoms with E-state index in [0.29, 0.717) is 37.4 Å². The van der Waals surface area contributed by atoms with Crippen LogP contribution in [0.25, 0.3) is 11.3 Å². The number of nitrogens with zero attached hydrogens (tertiary/aromatic N) is 5. The number of alkyl halides is 6. The summed E-state index contributed by atoms with van der Waals surface area (Å²) in [4.78, 5) is 48.4. The molecule has 0 bridgehead atoms. The molecule has 350 valence electrons. The molecule has 1 saturated carbocycles. The van der Waals surface area contributed by atoms with E-state index in [9.17, 15) is 66.3 Å². The molecule has 0 radical (unpaired) electrons. The quantitative estimate of drug-likeness (QED) is 0.0622. The lowest BCUT2D eigenvalue weighted by atomic mass is 9.88. The molecule has 4 atom stereocenters. The van der Waals surface area contributed by atoms with Crippen LogP contribution in [0.15, 0.2) is 54.1 Å². The molecule has 16 nitrogen and oxygen atoms in total. The Morgan fingerprint density at radius 1 is 0.938 bits per heavy atom. The number of halogens is 8. The second-order valence-corrected chi connectivity index (χ2v) is 15.2. The van der Waals surface area contributed by atoms with E-state index in [-0.39, 0.29) is 32.3 Å². The second kappa shape index (κ2) is 19.7. The molecule has 24 heteroatoms. The highest BCUT2D eigenvalue weighted by Crippen LogP contribution is 2.45. The minimum Gasteiger partial charge on any atom is -0.509 e. The number of nitrogens with one attached hydrogen (secondary N) is 1. The molecule has 2 aromatic carbocycles. The van der Waals surface area contributed by atoms with Crippen molar-refractivity contribution < 1.29 is 84.9 Å².